The molecule has 128 valence electrons. The molecule has 8 heteroatoms. The minimum Gasteiger partial charge on any atom is -0.481 e. The lowest BCUT2D eigenvalue weighted by atomic mass is 9.93. The molecule has 1 fully saturated rings. The molecule has 3 rings (SSSR count). The van der Waals surface area contributed by atoms with Gasteiger partial charge in [0.1, 0.15) is 5.56 Å². The van der Waals surface area contributed by atoms with Crippen molar-refractivity contribution in [3.8, 4) is 0 Å². The fourth-order valence-electron chi connectivity index (χ4n) is 3.07. The number of aliphatic carboxylic acids is 1. The van der Waals surface area contributed by atoms with E-state index in [2.05, 4.69) is 4.98 Å². The predicted molar refractivity (Wildman–Crippen MR) is 89.7 cm³/mol. The van der Waals surface area contributed by atoms with Gasteiger partial charge < -0.3 is 10.0 Å². The van der Waals surface area contributed by atoms with E-state index < -0.39 is 23.4 Å². The normalized spacial score (nSPS) is 21.2. The van der Waals surface area contributed by atoms with Crippen LogP contribution in [0.3, 0.4) is 0 Å². The number of hydrogen-bond donors (Lipinski definition) is 1. The number of hydrogen-bond acceptors (Lipinski definition) is 5. The Hall–Kier alpha value is -2.22. The number of nitrogens with zero attached hydrogens (tertiary/aromatic N) is 3. The van der Waals surface area contributed by atoms with Crippen molar-refractivity contribution >= 4 is 28.2 Å². The van der Waals surface area contributed by atoms with Crippen molar-refractivity contribution in [2.24, 2.45) is 5.92 Å². The number of carboxylic acid groups (broad SMARTS) is 1. The zero-order valence-corrected chi connectivity index (χ0v) is 14.6. The molecule has 2 atom stereocenters. The first-order valence-electron chi connectivity index (χ1n) is 7.82. The number of carbonyl (C=O) groups excluding carboxylic acids is 1. The van der Waals surface area contributed by atoms with Gasteiger partial charge in [0.25, 0.3) is 11.5 Å². The highest BCUT2D eigenvalue weighted by Gasteiger charge is 2.34. The van der Waals surface area contributed by atoms with Crippen LogP contribution >= 0.6 is 11.3 Å². The molecule has 1 aliphatic rings. The SMILES string of the molecule is Cc1sc2ncc(C(=O)N3CC(C(=O)O)CCC3C)c(=O)n2c1C. The molecule has 1 aliphatic heterocycles. The lowest BCUT2D eigenvalue weighted by molar-refractivity contribution is -0.143. The fourth-order valence-corrected chi connectivity index (χ4v) is 4.00. The maximum absolute atomic E-state index is 12.8. The second kappa shape index (κ2) is 6.01. The highest BCUT2D eigenvalue weighted by molar-refractivity contribution is 7.17. The van der Waals surface area contributed by atoms with Crippen LogP contribution in [0.2, 0.25) is 0 Å². The molecule has 1 amide bonds. The Morgan fingerprint density at radius 1 is 1.33 bits per heavy atom. The number of aromatic nitrogens is 2. The van der Waals surface area contributed by atoms with Crippen molar-refractivity contribution in [3.63, 3.8) is 0 Å². The quantitative estimate of drug-likeness (QED) is 0.891. The van der Waals surface area contributed by atoms with Crippen LogP contribution < -0.4 is 5.56 Å². The van der Waals surface area contributed by atoms with Gasteiger partial charge >= 0.3 is 5.97 Å². The van der Waals surface area contributed by atoms with Gasteiger partial charge in [0, 0.05) is 29.4 Å². The summed E-state index contributed by atoms with van der Waals surface area (Å²) in [7, 11) is 0. The first kappa shape index (κ1) is 16.6. The third-order valence-corrected chi connectivity index (χ3v) is 5.81. The zero-order valence-electron chi connectivity index (χ0n) is 13.8. The van der Waals surface area contributed by atoms with E-state index in [-0.39, 0.29) is 18.2 Å². The molecule has 24 heavy (non-hydrogen) atoms. The lowest BCUT2D eigenvalue weighted by Crippen LogP contribution is -2.48. The molecule has 0 spiro atoms. The third-order valence-electron chi connectivity index (χ3n) is 4.74. The molecule has 0 bridgehead atoms. The van der Waals surface area contributed by atoms with Gasteiger partial charge in [-0.1, -0.05) is 0 Å². The summed E-state index contributed by atoms with van der Waals surface area (Å²) in [5, 5.41) is 9.21. The van der Waals surface area contributed by atoms with Gasteiger partial charge in [-0.2, -0.15) is 0 Å². The second-order valence-electron chi connectivity index (χ2n) is 6.26. The summed E-state index contributed by atoms with van der Waals surface area (Å²) in [6, 6.07) is -0.0986. The smallest absolute Gasteiger partial charge is 0.308 e. The summed E-state index contributed by atoms with van der Waals surface area (Å²) in [5.74, 6) is -1.94. The van der Waals surface area contributed by atoms with Gasteiger partial charge in [-0.15, -0.1) is 11.3 Å². The number of thiazole rings is 1. The van der Waals surface area contributed by atoms with Crippen LogP contribution in [-0.4, -0.2) is 43.9 Å². The summed E-state index contributed by atoms with van der Waals surface area (Å²) in [5.41, 5.74) is 0.375. The van der Waals surface area contributed by atoms with Crippen molar-refractivity contribution in [1.29, 1.82) is 0 Å². The van der Waals surface area contributed by atoms with E-state index in [9.17, 15) is 19.5 Å². The van der Waals surface area contributed by atoms with Crippen molar-refractivity contribution in [1.82, 2.24) is 14.3 Å². The zero-order chi connectivity index (χ0) is 17.6. The number of fused-ring (bicyclic) bond motifs is 1. The minimum atomic E-state index is -0.908. The predicted octanol–water partition coefficient (Wildman–Crippen LogP) is 1.70. The Balaban J connectivity index is 2.02. The van der Waals surface area contributed by atoms with Crippen molar-refractivity contribution < 1.29 is 14.7 Å². The molecule has 0 saturated carbocycles. The molecule has 2 unspecified atom stereocenters. The Bertz CT molecular complexity index is 885. The Labute approximate surface area is 142 Å². The maximum atomic E-state index is 12.8. The van der Waals surface area contributed by atoms with E-state index >= 15 is 0 Å². The molecule has 2 aromatic heterocycles. The molecule has 2 aromatic rings. The van der Waals surface area contributed by atoms with Gasteiger partial charge in [-0.25, -0.2) is 4.98 Å². The summed E-state index contributed by atoms with van der Waals surface area (Å²) < 4.78 is 1.45. The number of amides is 1. The van der Waals surface area contributed by atoms with E-state index in [1.165, 1.54) is 26.8 Å². The maximum Gasteiger partial charge on any atom is 0.308 e. The molecule has 3 heterocycles. The van der Waals surface area contributed by atoms with Gasteiger partial charge in [-0.3, -0.25) is 18.8 Å². The monoisotopic (exact) mass is 349 g/mol. The molecule has 1 saturated heterocycles. The van der Waals surface area contributed by atoms with E-state index in [1.54, 1.807) is 0 Å². The van der Waals surface area contributed by atoms with Crippen LogP contribution in [0.5, 0.6) is 0 Å². The molecule has 0 aliphatic carbocycles. The summed E-state index contributed by atoms with van der Waals surface area (Å²) in [6.45, 7) is 5.72. The van der Waals surface area contributed by atoms with Crippen LogP contribution in [0.15, 0.2) is 11.0 Å². The highest BCUT2D eigenvalue weighted by Crippen LogP contribution is 2.24. The van der Waals surface area contributed by atoms with E-state index in [0.717, 1.165) is 10.6 Å². The number of aryl methyl sites for hydroxylation is 2. The number of rotatable bonds is 2. The summed E-state index contributed by atoms with van der Waals surface area (Å²) in [6.07, 6.45) is 2.46. The minimum absolute atomic E-state index is 0.00807. The molecular weight excluding hydrogens is 330 g/mol. The van der Waals surface area contributed by atoms with Crippen LogP contribution in [0, 0.1) is 19.8 Å². The largest absolute Gasteiger partial charge is 0.481 e. The van der Waals surface area contributed by atoms with Crippen LogP contribution in [-0.2, 0) is 4.79 Å². The van der Waals surface area contributed by atoms with E-state index in [4.69, 9.17) is 0 Å². The Morgan fingerprint density at radius 3 is 2.71 bits per heavy atom. The van der Waals surface area contributed by atoms with Crippen LogP contribution in [0.4, 0.5) is 0 Å². The van der Waals surface area contributed by atoms with Crippen molar-refractivity contribution in [2.75, 3.05) is 6.54 Å². The lowest BCUT2D eigenvalue weighted by Gasteiger charge is -2.36. The topological polar surface area (TPSA) is 92.0 Å². The third kappa shape index (κ3) is 2.60. The number of carbonyl (C=O) groups is 2. The average Bonchev–Trinajstić information content (AvgIpc) is 2.83. The fraction of sp³-hybridized carbons (Fsp3) is 0.500. The van der Waals surface area contributed by atoms with Crippen molar-refractivity contribution in [2.45, 2.75) is 39.7 Å². The first-order valence-corrected chi connectivity index (χ1v) is 8.64. The van der Waals surface area contributed by atoms with Crippen LogP contribution in [0.25, 0.3) is 4.96 Å². The summed E-state index contributed by atoms with van der Waals surface area (Å²) in [4.78, 5) is 44.1. The Kier molecular flexibility index (Phi) is 4.16. The highest BCUT2D eigenvalue weighted by atomic mass is 32.1. The van der Waals surface area contributed by atoms with Gasteiger partial charge in [0.05, 0.1) is 5.92 Å². The van der Waals surface area contributed by atoms with E-state index in [0.29, 0.717) is 17.8 Å². The second-order valence-corrected chi connectivity index (χ2v) is 7.44. The molecule has 0 radical (unpaired) electrons. The molecule has 0 aromatic carbocycles. The van der Waals surface area contributed by atoms with Gasteiger partial charge in [0.15, 0.2) is 4.96 Å². The van der Waals surface area contributed by atoms with Crippen LogP contribution in [0.1, 0.15) is 40.7 Å². The standard InChI is InChI=1S/C16H19N3O4S/c1-8-4-5-11(15(22)23)7-18(8)13(20)12-6-17-16-19(14(12)21)9(2)10(3)24-16/h6,8,11H,4-5,7H2,1-3H3,(H,22,23). The number of carboxylic acids is 1. The average molecular weight is 349 g/mol. The van der Waals surface area contributed by atoms with Gasteiger partial charge in [0.2, 0.25) is 0 Å². The van der Waals surface area contributed by atoms with Crippen molar-refractivity contribution in [3.05, 3.63) is 32.7 Å². The van der Waals surface area contributed by atoms with Gasteiger partial charge in [-0.05, 0) is 33.6 Å². The Morgan fingerprint density at radius 2 is 2.04 bits per heavy atom. The van der Waals surface area contributed by atoms with E-state index in [1.807, 2.05) is 20.8 Å². The number of likely N-dealkylation sites (tertiary alicyclic amines) is 1. The molecule has 7 nitrogen and oxygen atoms in total. The molecular formula is C16H19N3O4S. The summed E-state index contributed by atoms with van der Waals surface area (Å²) >= 11 is 1.40. The molecule has 1 N–H and O–H groups in total. The first-order chi connectivity index (χ1) is 11.3. The number of piperidine rings is 1.